The Morgan fingerprint density at radius 1 is 1.33 bits per heavy atom. The lowest BCUT2D eigenvalue weighted by molar-refractivity contribution is 0.0683. The number of hydrogen-bond donors (Lipinski definition) is 1. The van der Waals surface area contributed by atoms with Gasteiger partial charge in [0, 0.05) is 19.0 Å². The van der Waals surface area contributed by atoms with Crippen LogP contribution in [0, 0.1) is 12.7 Å². The Morgan fingerprint density at radius 2 is 2.04 bits per heavy atom. The van der Waals surface area contributed by atoms with Crippen LogP contribution in [0.15, 0.2) is 22.7 Å². The van der Waals surface area contributed by atoms with Gasteiger partial charge < -0.3 is 14.5 Å². The Bertz CT molecular complexity index is 781. The molecular formula is C16H16FN3O4. The topological polar surface area (TPSA) is 96.5 Å². The van der Waals surface area contributed by atoms with Gasteiger partial charge in [-0.3, -0.25) is 4.79 Å². The Hall–Kier alpha value is -2.77. The average Bonchev–Trinajstić information content (AvgIpc) is 3.00. The molecule has 1 saturated heterocycles. The number of carbonyl (C=O) groups is 2. The van der Waals surface area contributed by atoms with Crippen LogP contribution >= 0.6 is 0 Å². The van der Waals surface area contributed by atoms with Crippen LogP contribution < -0.4 is 0 Å². The first-order valence-corrected chi connectivity index (χ1v) is 7.58. The van der Waals surface area contributed by atoms with E-state index in [4.69, 9.17) is 9.63 Å². The number of amides is 1. The van der Waals surface area contributed by atoms with Crippen molar-refractivity contribution in [3.63, 3.8) is 0 Å². The molecule has 0 bridgehead atoms. The summed E-state index contributed by atoms with van der Waals surface area (Å²) in [5.74, 6) is -1.27. The number of piperidine rings is 1. The largest absolute Gasteiger partial charge is 0.478 e. The molecule has 1 aromatic carbocycles. The van der Waals surface area contributed by atoms with Gasteiger partial charge in [0.25, 0.3) is 5.91 Å². The molecule has 1 amide bonds. The highest BCUT2D eigenvalue weighted by atomic mass is 19.1. The van der Waals surface area contributed by atoms with Gasteiger partial charge in [0.1, 0.15) is 5.82 Å². The lowest BCUT2D eigenvalue weighted by Crippen LogP contribution is -2.38. The van der Waals surface area contributed by atoms with Crippen molar-refractivity contribution in [2.45, 2.75) is 25.7 Å². The molecule has 1 N–H and O–H groups in total. The molecule has 0 aliphatic carbocycles. The van der Waals surface area contributed by atoms with Gasteiger partial charge in [0.2, 0.25) is 5.89 Å². The minimum Gasteiger partial charge on any atom is -0.478 e. The number of halogens is 1. The molecule has 1 aromatic heterocycles. The summed E-state index contributed by atoms with van der Waals surface area (Å²) in [6, 6.07) is 3.31. The molecule has 0 radical (unpaired) electrons. The van der Waals surface area contributed by atoms with Crippen LogP contribution in [0.25, 0.3) is 0 Å². The first-order chi connectivity index (χ1) is 11.5. The Kier molecular flexibility index (Phi) is 4.28. The van der Waals surface area contributed by atoms with Gasteiger partial charge >= 0.3 is 5.97 Å². The normalized spacial score (nSPS) is 15.5. The Morgan fingerprint density at radius 3 is 2.58 bits per heavy atom. The van der Waals surface area contributed by atoms with E-state index in [0.717, 1.165) is 6.07 Å². The highest BCUT2D eigenvalue weighted by molar-refractivity contribution is 5.96. The third kappa shape index (κ3) is 3.12. The van der Waals surface area contributed by atoms with Crippen LogP contribution in [0.2, 0.25) is 0 Å². The molecule has 2 aromatic rings. The zero-order valence-electron chi connectivity index (χ0n) is 13.0. The second-order valence-electron chi connectivity index (χ2n) is 5.75. The molecule has 0 saturated carbocycles. The Balaban J connectivity index is 1.68. The van der Waals surface area contributed by atoms with Gasteiger partial charge in [-0.15, -0.1) is 0 Å². The maximum atomic E-state index is 14.0. The number of aromatic carboxylic acids is 1. The number of carboxylic acids is 1. The van der Waals surface area contributed by atoms with E-state index in [1.54, 1.807) is 11.8 Å². The minimum atomic E-state index is -1.23. The predicted molar refractivity (Wildman–Crippen MR) is 80.3 cm³/mol. The van der Waals surface area contributed by atoms with Crippen molar-refractivity contribution in [1.82, 2.24) is 15.0 Å². The second kappa shape index (κ2) is 6.38. The fraction of sp³-hybridized carbons (Fsp3) is 0.375. The highest BCUT2D eigenvalue weighted by Gasteiger charge is 2.28. The van der Waals surface area contributed by atoms with Gasteiger partial charge in [-0.2, -0.15) is 4.98 Å². The molecule has 0 unspecified atom stereocenters. The smallest absolute Gasteiger partial charge is 0.335 e. The first kappa shape index (κ1) is 16.1. The number of aromatic nitrogens is 2. The molecule has 8 heteroatoms. The zero-order valence-corrected chi connectivity index (χ0v) is 13.0. The van der Waals surface area contributed by atoms with Gasteiger partial charge in [-0.05, 0) is 38.0 Å². The van der Waals surface area contributed by atoms with Crippen LogP contribution in [0.1, 0.15) is 51.2 Å². The van der Waals surface area contributed by atoms with Crippen LogP contribution in [0.4, 0.5) is 4.39 Å². The lowest BCUT2D eigenvalue weighted by atomic mass is 9.96. The predicted octanol–water partition coefficient (Wildman–Crippen LogP) is 2.24. The third-order valence-corrected chi connectivity index (χ3v) is 4.12. The van der Waals surface area contributed by atoms with Crippen LogP contribution in [-0.2, 0) is 0 Å². The van der Waals surface area contributed by atoms with E-state index in [0.29, 0.717) is 37.6 Å². The van der Waals surface area contributed by atoms with Crippen molar-refractivity contribution in [2.75, 3.05) is 13.1 Å². The van der Waals surface area contributed by atoms with E-state index < -0.39 is 17.7 Å². The summed E-state index contributed by atoms with van der Waals surface area (Å²) in [7, 11) is 0. The highest BCUT2D eigenvalue weighted by Crippen LogP contribution is 2.27. The molecule has 1 fully saturated rings. The third-order valence-electron chi connectivity index (χ3n) is 4.12. The molecule has 0 atom stereocenters. The van der Waals surface area contributed by atoms with E-state index in [2.05, 4.69) is 10.1 Å². The summed E-state index contributed by atoms with van der Waals surface area (Å²) in [6.07, 6.45) is 1.31. The number of carboxylic acid groups (broad SMARTS) is 1. The van der Waals surface area contributed by atoms with Crippen molar-refractivity contribution in [2.24, 2.45) is 0 Å². The zero-order chi connectivity index (χ0) is 17.3. The van der Waals surface area contributed by atoms with Crippen molar-refractivity contribution in [3.8, 4) is 0 Å². The van der Waals surface area contributed by atoms with Gasteiger partial charge in [-0.25, -0.2) is 9.18 Å². The van der Waals surface area contributed by atoms with Crippen molar-refractivity contribution in [1.29, 1.82) is 0 Å². The molecule has 1 aliphatic rings. The number of likely N-dealkylation sites (tertiary alicyclic amines) is 1. The van der Waals surface area contributed by atoms with Crippen molar-refractivity contribution >= 4 is 11.9 Å². The van der Waals surface area contributed by atoms with Gasteiger partial charge in [0.15, 0.2) is 5.82 Å². The van der Waals surface area contributed by atoms with Gasteiger partial charge in [0.05, 0.1) is 11.1 Å². The number of nitrogens with zero attached hydrogens (tertiary/aromatic N) is 3. The standard InChI is InChI=1S/C16H16FN3O4/c1-9-18-14(24-19-9)10-4-6-20(7-5-10)15(21)12-3-2-11(16(22)23)8-13(12)17/h2-3,8,10H,4-7H2,1H3,(H,22,23). The number of benzene rings is 1. The van der Waals surface area contributed by atoms with Crippen LogP contribution in [0.5, 0.6) is 0 Å². The molecule has 0 spiro atoms. The molecule has 2 heterocycles. The number of hydrogen-bond acceptors (Lipinski definition) is 5. The maximum Gasteiger partial charge on any atom is 0.335 e. The van der Waals surface area contributed by atoms with Crippen LogP contribution in [0.3, 0.4) is 0 Å². The molecular weight excluding hydrogens is 317 g/mol. The van der Waals surface area contributed by atoms with Gasteiger partial charge in [-0.1, -0.05) is 5.16 Å². The van der Waals surface area contributed by atoms with E-state index in [-0.39, 0.29) is 17.0 Å². The Labute approximate surface area is 137 Å². The SMILES string of the molecule is Cc1noc(C2CCN(C(=O)c3ccc(C(=O)O)cc3F)CC2)n1. The van der Waals surface area contributed by atoms with E-state index >= 15 is 0 Å². The van der Waals surface area contributed by atoms with E-state index in [1.807, 2.05) is 0 Å². The van der Waals surface area contributed by atoms with Crippen molar-refractivity contribution < 1.29 is 23.6 Å². The first-order valence-electron chi connectivity index (χ1n) is 7.58. The lowest BCUT2D eigenvalue weighted by Gasteiger charge is -2.30. The summed E-state index contributed by atoms with van der Waals surface area (Å²) in [5.41, 5.74) is -0.304. The van der Waals surface area contributed by atoms with E-state index in [9.17, 15) is 14.0 Å². The quantitative estimate of drug-likeness (QED) is 0.925. The summed E-state index contributed by atoms with van der Waals surface area (Å²) < 4.78 is 19.2. The van der Waals surface area contributed by atoms with Crippen molar-refractivity contribution in [3.05, 3.63) is 46.9 Å². The molecule has 7 nitrogen and oxygen atoms in total. The summed E-state index contributed by atoms with van der Waals surface area (Å²) in [5, 5.41) is 12.6. The average molecular weight is 333 g/mol. The molecule has 3 rings (SSSR count). The molecule has 126 valence electrons. The summed E-state index contributed by atoms with van der Waals surface area (Å²) in [4.78, 5) is 29.0. The summed E-state index contributed by atoms with van der Waals surface area (Å²) >= 11 is 0. The molecule has 1 aliphatic heterocycles. The maximum absolute atomic E-state index is 14.0. The van der Waals surface area contributed by atoms with Crippen LogP contribution in [-0.4, -0.2) is 45.1 Å². The number of rotatable bonds is 3. The fourth-order valence-corrected chi connectivity index (χ4v) is 2.80. The minimum absolute atomic E-state index is 0.0921. The summed E-state index contributed by atoms with van der Waals surface area (Å²) in [6.45, 7) is 2.64. The number of carbonyl (C=O) groups excluding carboxylic acids is 1. The molecule has 24 heavy (non-hydrogen) atoms. The monoisotopic (exact) mass is 333 g/mol. The fourth-order valence-electron chi connectivity index (χ4n) is 2.80. The number of aryl methyl sites for hydroxylation is 1. The van der Waals surface area contributed by atoms with E-state index in [1.165, 1.54) is 12.1 Å². The second-order valence-corrected chi connectivity index (χ2v) is 5.75.